The quantitative estimate of drug-likeness (QED) is 0.440. The van der Waals surface area contributed by atoms with Crippen LogP contribution in [-0.2, 0) is 3.07 Å². The molecule has 0 aliphatic heterocycles. The van der Waals surface area contributed by atoms with E-state index in [-0.39, 0.29) is 5.60 Å². The molecule has 0 bridgehead atoms. The van der Waals surface area contributed by atoms with Gasteiger partial charge in [-0.15, -0.1) is 3.07 Å². The highest BCUT2D eigenvalue weighted by atomic mass is 127. The second-order valence-corrected chi connectivity index (χ2v) is 3.05. The predicted molar refractivity (Wildman–Crippen MR) is 20.8 cm³/mol. The zero-order valence-electron chi connectivity index (χ0n) is 4.69. The molecule has 0 aliphatic rings. The van der Waals surface area contributed by atoms with Gasteiger partial charge in [-0.05, 0) is 20.8 Å². The molecule has 0 N–H and O–H groups in total. The van der Waals surface area contributed by atoms with Crippen LogP contribution in [0, 0.1) is 0 Å². The van der Waals surface area contributed by atoms with E-state index < -0.39 is 22.0 Å². The Morgan fingerprint density at radius 2 is 1.86 bits per heavy atom. The second kappa shape index (κ2) is 2.84. The van der Waals surface area contributed by atoms with Gasteiger partial charge in [0.15, 0.2) is 0 Å². The first-order valence-corrected chi connectivity index (χ1v) is 3.77. The van der Waals surface area contributed by atoms with E-state index in [9.17, 15) is 3.44 Å². The third-order valence-electron chi connectivity index (χ3n) is 0.263. The summed E-state index contributed by atoms with van der Waals surface area (Å²) in [5.41, 5.74) is -0.213. The fourth-order valence-corrected chi connectivity index (χ4v) is 0.634. The first-order valence-electron chi connectivity index (χ1n) is 2.01. The molecular formula is C4H9IO2. The molecule has 0 saturated heterocycles. The topological polar surface area (TPSA) is 32.3 Å². The van der Waals surface area contributed by atoms with Crippen LogP contribution < -0.4 is 25.5 Å². The van der Waals surface area contributed by atoms with Crippen molar-refractivity contribution in [2.75, 3.05) is 0 Å². The van der Waals surface area contributed by atoms with Crippen LogP contribution in [0.3, 0.4) is 0 Å². The summed E-state index contributed by atoms with van der Waals surface area (Å²) in [5.74, 6) is 0. The minimum Gasteiger partial charge on any atom is -0.567 e. The Morgan fingerprint density at radius 3 is 1.86 bits per heavy atom. The molecule has 0 heterocycles. The third kappa shape index (κ3) is 6.65. The van der Waals surface area contributed by atoms with Gasteiger partial charge in [0.1, 0.15) is 5.60 Å². The van der Waals surface area contributed by atoms with Gasteiger partial charge in [-0.3, -0.25) is 0 Å². The van der Waals surface area contributed by atoms with E-state index in [2.05, 4.69) is 0 Å². The van der Waals surface area contributed by atoms with Gasteiger partial charge in [-0.2, -0.15) is 0 Å². The monoisotopic (exact) mass is 216 g/mol. The molecule has 0 aromatic rings. The minimum atomic E-state index is -1.23. The molecular weight excluding hydrogens is 207 g/mol. The summed E-state index contributed by atoms with van der Waals surface area (Å²) in [6, 6.07) is 0. The maximum Gasteiger partial charge on any atom is 0.453 e. The van der Waals surface area contributed by atoms with E-state index in [1.165, 1.54) is 0 Å². The lowest BCUT2D eigenvalue weighted by molar-refractivity contribution is -1.27. The highest BCUT2D eigenvalue weighted by molar-refractivity contribution is 4.53. The summed E-state index contributed by atoms with van der Waals surface area (Å²) in [4.78, 5) is 0. The minimum absolute atomic E-state index is 0.213. The molecule has 0 amide bonds. The van der Waals surface area contributed by atoms with E-state index >= 15 is 0 Å². The van der Waals surface area contributed by atoms with Crippen LogP contribution in [0.5, 0.6) is 0 Å². The van der Waals surface area contributed by atoms with Crippen LogP contribution in [0.1, 0.15) is 20.8 Å². The normalized spacial score (nSPS) is 12.0. The zero-order chi connectivity index (χ0) is 5.91. The largest absolute Gasteiger partial charge is 0.567 e. The Kier molecular flexibility index (Phi) is 3.10. The molecule has 0 unspecified atom stereocenters. The lowest BCUT2D eigenvalue weighted by Crippen LogP contribution is -3.70. The zero-order valence-corrected chi connectivity index (χ0v) is 6.85. The van der Waals surface area contributed by atoms with Crippen molar-refractivity contribution >= 4 is 0 Å². The van der Waals surface area contributed by atoms with Gasteiger partial charge in [0, 0.05) is 0 Å². The molecule has 0 aromatic carbocycles. The van der Waals surface area contributed by atoms with Gasteiger partial charge in [0.05, 0.1) is 0 Å². The van der Waals surface area contributed by atoms with Crippen LogP contribution in [-0.4, -0.2) is 5.60 Å². The lowest BCUT2D eigenvalue weighted by atomic mass is 10.2. The number of halogens is 1. The van der Waals surface area contributed by atoms with Crippen molar-refractivity contribution in [2.45, 2.75) is 26.4 Å². The van der Waals surface area contributed by atoms with Gasteiger partial charge < -0.3 is 3.44 Å². The summed E-state index contributed by atoms with van der Waals surface area (Å²) in [7, 11) is 0. The molecule has 0 spiro atoms. The van der Waals surface area contributed by atoms with Crippen LogP contribution in [0.2, 0.25) is 0 Å². The number of rotatable bonds is 1. The molecule has 0 aromatic heterocycles. The molecule has 0 saturated carbocycles. The van der Waals surface area contributed by atoms with E-state index in [4.69, 9.17) is 3.07 Å². The highest BCUT2D eigenvalue weighted by Gasteiger charge is 2.15. The fourth-order valence-electron chi connectivity index (χ4n) is 0.0945. The molecule has 0 aliphatic carbocycles. The summed E-state index contributed by atoms with van der Waals surface area (Å²) in [6.07, 6.45) is 0. The van der Waals surface area contributed by atoms with Crippen LogP contribution in [0.4, 0.5) is 0 Å². The maximum absolute atomic E-state index is 9.83. The second-order valence-electron chi connectivity index (χ2n) is 2.25. The summed E-state index contributed by atoms with van der Waals surface area (Å²) < 4.78 is 14.6. The predicted octanol–water partition coefficient (Wildman–Crippen LogP) is -2.92. The van der Waals surface area contributed by atoms with Gasteiger partial charge >= 0.3 is 22.0 Å². The van der Waals surface area contributed by atoms with Crippen molar-refractivity contribution in [3.8, 4) is 0 Å². The summed E-state index contributed by atoms with van der Waals surface area (Å²) >= 11 is -1.23. The molecule has 7 heavy (non-hydrogen) atoms. The molecule has 0 rings (SSSR count). The maximum atomic E-state index is 9.83. The van der Waals surface area contributed by atoms with Crippen molar-refractivity contribution in [1.82, 2.24) is 0 Å². The first-order chi connectivity index (χ1) is 3.06. The average Bonchev–Trinajstić information content (AvgIpc) is 1.30. The Morgan fingerprint density at radius 1 is 1.43 bits per heavy atom. The van der Waals surface area contributed by atoms with Gasteiger partial charge in [0.25, 0.3) is 0 Å². The first kappa shape index (κ1) is 7.65. The Bertz CT molecular complexity index is 48.1. The molecule has 0 atom stereocenters. The van der Waals surface area contributed by atoms with Crippen molar-refractivity contribution in [3.63, 3.8) is 0 Å². The molecule has 2 nitrogen and oxygen atoms in total. The van der Waals surface area contributed by atoms with Crippen LogP contribution in [0.25, 0.3) is 0 Å². The smallest absolute Gasteiger partial charge is 0.453 e. The van der Waals surface area contributed by atoms with Gasteiger partial charge in [-0.1, -0.05) is 0 Å². The summed E-state index contributed by atoms with van der Waals surface area (Å²) in [5, 5.41) is 0. The van der Waals surface area contributed by atoms with Crippen molar-refractivity contribution < 1.29 is 28.5 Å². The van der Waals surface area contributed by atoms with Crippen LogP contribution in [0.15, 0.2) is 0 Å². The van der Waals surface area contributed by atoms with E-state index in [0.29, 0.717) is 0 Å². The molecule has 0 radical (unpaired) electrons. The number of hydrogen-bond acceptors (Lipinski definition) is 2. The number of hydrogen-bond donors (Lipinski definition) is 0. The van der Waals surface area contributed by atoms with Crippen molar-refractivity contribution in [3.05, 3.63) is 0 Å². The van der Waals surface area contributed by atoms with Gasteiger partial charge in [-0.25, -0.2) is 0 Å². The van der Waals surface area contributed by atoms with Crippen molar-refractivity contribution in [2.24, 2.45) is 0 Å². The third-order valence-corrected chi connectivity index (χ3v) is 1.76. The van der Waals surface area contributed by atoms with Gasteiger partial charge in [0.2, 0.25) is 0 Å². The fraction of sp³-hybridized carbons (Fsp3) is 1.00. The van der Waals surface area contributed by atoms with E-state index in [1.54, 1.807) is 0 Å². The highest BCUT2D eigenvalue weighted by Crippen LogP contribution is 1.98. The molecule has 44 valence electrons. The standard InChI is InChI=1S/C4H9IO2/c1-4(2,3)7-5-6/h1-3H3. The Labute approximate surface area is 55.2 Å². The Hall–Kier alpha value is 0.650. The average molecular weight is 216 g/mol. The Balaban J connectivity index is 3.15. The van der Waals surface area contributed by atoms with Crippen molar-refractivity contribution in [1.29, 1.82) is 0 Å². The van der Waals surface area contributed by atoms with E-state index in [0.717, 1.165) is 0 Å². The molecule has 3 heteroatoms. The summed E-state index contributed by atoms with van der Waals surface area (Å²) in [6.45, 7) is 5.64. The van der Waals surface area contributed by atoms with Crippen LogP contribution >= 0.6 is 0 Å². The van der Waals surface area contributed by atoms with E-state index in [1.807, 2.05) is 20.8 Å². The lowest BCUT2D eigenvalue weighted by Gasteiger charge is -2.07. The SMILES string of the molecule is CC(C)(C)O[I+][O-]. The molecule has 0 fully saturated rings.